The van der Waals surface area contributed by atoms with Gasteiger partial charge >= 0.3 is 0 Å². The number of nitrogens with two attached hydrogens (primary N) is 1. The Bertz CT molecular complexity index is 800. The second-order valence-electron chi connectivity index (χ2n) is 4.26. The third kappa shape index (κ3) is 2.02. The van der Waals surface area contributed by atoms with Crippen LogP contribution in [0.25, 0.3) is 16.7 Å². The first kappa shape index (κ1) is 12.9. The summed E-state index contributed by atoms with van der Waals surface area (Å²) < 4.78 is 21.0. The highest BCUT2D eigenvalue weighted by Crippen LogP contribution is 2.28. The Balaban J connectivity index is 2.28. The zero-order chi connectivity index (χ0) is 14.3. The van der Waals surface area contributed by atoms with E-state index < -0.39 is 0 Å². The molecule has 2 N–H and O–H groups in total. The highest BCUT2D eigenvalue weighted by atomic mass is 79.9. The number of anilines is 1. The molecule has 3 rings (SSSR count). The van der Waals surface area contributed by atoms with Gasteiger partial charge in [0.15, 0.2) is 0 Å². The van der Waals surface area contributed by atoms with Crippen molar-refractivity contribution in [3.8, 4) is 11.4 Å². The standard InChI is InChI=1S/C14H11BrFN3O/c1-20-9-3-5-12-13(7-9)19(14(17)18-12)8-2-4-10(15)11(16)6-8/h2-7H,1H3,(H2,17,18). The van der Waals surface area contributed by atoms with Crippen molar-refractivity contribution in [2.24, 2.45) is 0 Å². The number of fused-ring (bicyclic) bond motifs is 1. The van der Waals surface area contributed by atoms with Crippen LogP contribution in [-0.2, 0) is 0 Å². The fraction of sp³-hybridized carbons (Fsp3) is 0.0714. The lowest BCUT2D eigenvalue weighted by Crippen LogP contribution is -2.01. The second kappa shape index (κ2) is 4.79. The van der Waals surface area contributed by atoms with Gasteiger partial charge in [-0.3, -0.25) is 4.57 Å². The summed E-state index contributed by atoms with van der Waals surface area (Å²) in [4.78, 5) is 4.27. The molecule has 0 aliphatic rings. The number of imidazole rings is 1. The largest absolute Gasteiger partial charge is 0.497 e. The van der Waals surface area contributed by atoms with Gasteiger partial charge in [-0.25, -0.2) is 9.37 Å². The van der Waals surface area contributed by atoms with E-state index in [4.69, 9.17) is 10.5 Å². The minimum absolute atomic E-state index is 0.301. The summed E-state index contributed by atoms with van der Waals surface area (Å²) in [6.07, 6.45) is 0. The Morgan fingerprint density at radius 1 is 1.25 bits per heavy atom. The Hall–Kier alpha value is -2.08. The highest BCUT2D eigenvalue weighted by molar-refractivity contribution is 9.10. The van der Waals surface area contributed by atoms with Gasteiger partial charge in [0.2, 0.25) is 5.95 Å². The molecule has 0 unspecified atom stereocenters. The number of hydrogen-bond acceptors (Lipinski definition) is 3. The van der Waals surface area contributed by atoms with Crippen molar-refractivity contribution in [2.75, 3.05) is 12.8 Å². The van der Waals surface area contributed by atoms with Gasteiger partial charge in [0.25, 0.3) is 0 Å². The lowest BCUT2D eigenvalue weighted by molar-refractivity contribution is 0.415. The molecular weight excluding hydrogens is 325 g/mol. The predicted molar refractivity (Wildman–Crippen MR) is 79.7 cm³/mol. The molecule has 3 aromatic rings. The molecule has 0 radical (unpaired) electrons. The molecule has 0 bridgehead atoms. The van der Waals surface area contributed by atoms with Crippen molar-refractivity contribution >= 4 is 32.9 Å². The van der Waals surface area contributed by atoms with E-state index in [1.807, 2.05) is 12.1 Å². The van der Waals surface area contributed by atoms with E-state index >= 15 is 0 Å². The van der Waals surface area contributed by atoms with Crippen LogP contribution in [0.15, 0.2) is 40.9 Å². The Morgan fingerprint density at radius 3 is 2.75 bits per heavy atom. The fourth-order valence-electron chi connectivity index (χ4n) is 2.10. The van der Waals surface area contributed by atoms with Gasteiger partial charge in [-0.05, 0) is 46.3 Å². The number of methoxy groups -OCH3 is 1. The van der Waals surface area contributed by atoms with Gasteiger partial charge in [0.05, 0.1) is 28.3 Å². The van der Waals surface area contributed by atoms with Gasteiger partial charge < -0.3 is 10.5 Å². The molecule has 0 aliphatic carbocycles. The summed E-state index contributed by atoms with van der Waals surface area (Å²) in [5.74, 6) is 0.637. The number of nitrogen functional groups attached to an aromatic ring is 1. The summed E-state index contributed by atoms with van der Waals surface area (Å²) in [6, 6.07) is 10.2. The molecule has 102 valence electrons. The minimum Gasteiger partial charge on any atom is -0.497 e. The number of ether oxygens (including phenoxy) is 1. The van der Waals surface area contributed by atoms with Crippen molar-refractivity contribution in [2.45, 2.75) is 0 Å². The van der Waals surface area contributed by atoms with E-state index in [0.29, 0.717) is 21.9 Å². The van der Waals surface area contributed by atoms with Gasteiger partial charge in [0, 0.05) is 6.07 Å². The summed E-state index contributed by atoms with van der Waals surface area (Å²) >= 11 is 3.13. The molecule has 20 heavy (non-hydrogen) atoms. The summed E-state index contributed by atoms with van der Waals surface area (Å²) in [6.45, 7) is 0. The van der Waals surface area contributed by atoms with Crippen LogP contribution in [0.3, 0.4) is 0 Å². The first-order chi connectivity index (χ1) is 9.60. The molecule has 0 atom stereocenters. The molecule has 1 aromatic heterocycles. The summed E-state index contributed by atoms with van der Waals surface area (Å²) in [5, 5.41) is 0. The van der Waals surface area contributed by atoms with Crippen LogP contribution in [0, 0.1) is 5.82 Å². The smallest absolute Gasteiger partial charge is 0.205 e. The monoisotopic (exact) mass is 335 g/mol. The van der Waals surface area contributed by atoms with E-state index in [2.05, 4.69) is 20.9 Å². The molecule has 2 aromatic carbocycles. The van der Waals surface area contributed by atoms with E-state index in [1.54, 1.807) is 29.9 Å². The van der Waals surface area contributed by atoms with Gasteiger partial charge in [0.1, 0.15) is 11.6 Å². The molecule has 0 fully saturated rings. The van der Waals surface area contributed by atoms with Crippen LogP contribution in [0.1, 0.15) is 0 Å². The van der Waals surface area contributed by atoms with Crippen LogP contribution < -0.4 is 10.5 Å². The van der Waals surface area contributed by atoms with Crippen LogP contribution in [0.5, 0.6) is 5.75 Å². The van der Waals surface area contributed by atoms with E-state index in [-0.39, 0.29) is 5.82 Å². The zero-order valence-corrected chi connectivity index (χ0v) is 12.2. The number of halogens is 2. The number of nitrogens with zero attached hydrogens (tertiary/aromatic N) is 2. The Labute approximate surface area is 123 Å². The number of hydrogen-bond donors (Lipinski definition) is 1. The number of benzene rings is 2. The fourth-order valence-corrected chi connectivity index (χ4v) is 2.34. The average molecular weight is 336 g/mol. The topological polar surface area (TPSA) is 53.1 Å². The Morgan fingerprint density at radius 2 is 2.05 bits per heavy atom. The van der Waals surface area contributed by atoms with Crippen molar-refractivity contribution in [1.29, 1.82) is 0 Å². The molecule has 6 heteroatoms. The number of aromatic nitrogens is 2. The summed E-state index contributed by atoms with van der Waals surface area (Å²) in [5.41, 5.74) is 8.05. The van der Waals surface area contributed by atoms with Gasteiger partial charge in [-0.2, -0.15) is 0 Å². The first-order valence-electron chi connectivity index (χ1n) is 5.87. The molecule has 0 aliphatic heterocycles. The van der Waals surface area contributed by atoms with Crippen LogP contribution >= 0.6 is 15.9 Å². The van der Waals surface area contributed by atoms with Crippen LogP contribution in [0.4, 0.5) is 10.3 Å². The second-order valence-corrected chi connectivity index (χ2v) is 5.11. The molecule has 0 amide bonds. The van der Waals surface area contributed by atoms with Gasteiger partial charge in [-0.15, -0.1) is 0 Å². The molecular formula is C14H11BrFN3O. The van der Waals surface area contributed by atoms with Crippen molar-refractivity contribution in [3.05, 3.63) is 46.7 Å². The normalized spacial score (nSPS) is 10.9. The quantitative estimate of drug-likeness (QED) is 0.779. The lowest BCUT2D eigenvalue weighted by atomic mass is 10.2. The van der Waals surface area contributed by atoms with Crippen LogP contribution in [0.2, 0.25) is 0 Å². The third-order valence-corrected chi connectivity index (χ3v) is 3.69. The van der Waals surface area contributed by atoms with Crippen molar-refractivity contribution < 1.29 is 9.13 Å². The molecule has 1 heterocycles. The zero-order valence-electron chi connectivity index (χ0n) is 10.6. The summed E-state index contributed by atoms with van der Waals surface area (Å²) in [7, 11) is 1.59. The van der Waals surface area contributed by atoms with Crippen molar-refractivity contribution in [3.63, 3.8) is 0 Å². The third-order valence-electron chi connectivity index (χ3n) is 3.05. The van der Waals surface area contributed by atoms with E-state index in [0.717, 1.165) is 11.0 Å². The molecule has 4 nitrogen and oxygen atoms in total. The number of rotatable bonds is 2. The first-order valence-corrected chi connectivity index (χ1v) is 6.67. The SMILES string of the molecule is COc1ccc2nc(N)n(-c3ccc(Br)c(F)c3)c2c1. The predicted octanol–water partition coefficient (Wildman–Crippen LogP) is 3.52. The Kier molecular flexibility index (Phi) is 3.10. The highest BCUT2D eigenvalue weighted by Gasteiger charge is 2.12. The maximum atomic E-state index is 13.7. The average Bonchev–Trinajstić information content (AvgIpc) is 2.77. The van der Waals surface area contributed by atoms with Gasteiger partial charge in [-0.1, -0.05) is 0 Å². The lowest BCUT2D eigenvalue weighted by Gasteiger charge is -2.08. The minimum atomic E-state index is -0.355. The van der Waals surface area contributed by atoms with Crippen LogP contribution in [-0.4, -0.2) is 16.7 Å². The molecule has 0 spiro atoms. The maximum Gasteiger partial charge on any atom is 0.205 e. The van der Waals surface area contributed by atoms with E-state index in [1.165, 1.54) is 6.07 Å². The molecule has 0 saturated heterocycles. The van der Waals surface area contributed by atoms with E-state index in [9.17, 15) is 4.39 Å². The van der Waals surface area contributed by atoms with Crippen molar-refractivity contribution in [1.82, 2.24) is 9.55 Å². The maximum absolute atomic E-state index is 13.7. The molecule has 0 saturated carbocycles.